The number of ether oxygens (including phenoxy) is 3. The largest absolute Gasteiger partial charge is 0.489 e. The van der Waals surface area contributed by atoms with Crippen molar-refractivity contribution in [2.75, 3.05) is 39.3 Å². The van der Waals surface area contributed by atoms with Crippen molar-refractivity contribution in [2.24, 2.45) is 0 Å². The van der Waals surface area contributed by atoms with Crippen molar-refractivity contribution in [2.45, 2.75) is 13.8 Å². The summed E-state index contributed by atoms with van der Waals surface area (Å²) in [5.41, 5.74) is 8.78. The molecular weight excluding hydrogens is 218 g/mol. The van der Waals surface area contributed by atoms with E-state index in [0.29, 0.717) is 32.1 Å². The first-order valence-corrected chi connectivity index (χ1v) is 5.71. The first-order chi connectivity index (χ1) is 8.15. The van der Waals surface area contributed by atoms with Crippen molar-refractivity contribution in [1.29, 1.82) is 0 Å². The third-order valence-corrected chi connectivity index (χ3v) is 2.35. The predicted octanol–water partition coefficient (Wildman–Crippen LogP) is 1.93. The molecule has 4 heteroatoms. The molecule has 1 aromatic rings. The minimum Gasteiger partial charge on any atom is -0.489 e. The summed E-state index contributed by atoms with van der Waals surface area (Å²) in [4.78, 5) is 0. The van der Waals surface area contributed by atoms with Gasteiger partial charge in [-0.1, -0.05) is 6.07 Å². The van der Waals surface area contributed by atoms with Gasteiger partial charge in [-0.15, -0.1) is 0 Å². The summed E-state index contributed by atoms with van der Waals surface area (Å²) in [5, 5.41) is 0. The van der Waals surface area contributed by atoms with E-state index in [9.17, 15) is 0 Å². The average molecular weight is 239 g/mol. The fraction of sp³-hybridized carbons (Fsp3) is 0.538. The Balaban J connectivity index is 2.36. The summed E-state index contributed by atoms with van der Waals surface area (Å²) in [6.07, 6.45) is 0. The van der Waals surface area contributed by atoms with E-state index < -0.39 is 0 Å². The molecular formula is C13H21NO3. The molecule has 0 amide bonds. The van der Waals surface area contributed by atoms with Gasteiger partial charge < -0.3 is 19.9 Å². The van der Waals surface area contributed by atoms with E-state index in [2.05, 4.69) is 6.07 Å². The van der Waals surface area contributed by atoms with E-state index >= 15 is 0 Å². The highest BCUT2D eigenvalue weighted by Crippen LogP contribution is 2.27. The molecule has 96 valence electrons. The number of methoxy groups -OCH3 is 1. The number of nitrogen functional groups attached to an aromatic ring is 1. The van der Waals surface area contributed by atoms with Crippen LogP contribution in [0, 0.1) is 13.8 Å². The van der Waals surface area contributed by atoms with Crippen molar-refractivity contribution in [3.8, 4) is 5.75 Å². The van der Waals surface area contributed by atoms with Crippen LogP contribution < -0.4 is 10.5 Å². The molecule has 0 heterocycles. The lowest BCUT2D eigenvalue weighted by Gasteiger charge is -2.12. The molecule has 0 aromatic heterocycles. The van der Waals surface area contributed by atoms with E-state index in [0.717, 1.165) is 16.9 Å². The maximum atomic E-state index is 5.90. The number of hydrogen-bond donors (Lipinski definition) is 1. The molecule has 1 aromatic carbocycles. The Morgan fingerprint density at radius 2 is 1.76 bits per heavy atom. The topological polar surface area (TPSA) is 53.7 Å². The van der Waals surface area contributed by atoms with Gasteiger partial charge in [-0.05, 0) is 31.0 Å². The number of anilines is 1. The van der Waals surface area contributed by atoms with Crippen molar-refractivity contribution >= 4 is 5.69 Å². The summed E-state index contributed by atoms with van der Waals surface area (Å²) in [6.45, 7) is 6.23. The summed E-state index contributed by atoms with van der Waals surface area (Å²) in [5.74, 6) is 0.756. The number of hydrogen-bond acceptors (Lipinski definition) is 4. The Labute approximate surface area is 103 Å². The van der Waals surface area contributed by atoms with E-state index in [1.54, 1.807) is 7.11 Å². The summed E-state index contributed by atoms with van der Waals surface area (Å²) >= 11 is 0. The molecule has 2 N–H and O–H groups in total. The fourth-order valence-corrected chi connectivity index (χ4v) is 1.63. The van der Waals surface area contributed by atoms with Crippen LogP contribution in [-0.4, -0.2) is 33.5 Å². The minimum absolute atomic E-state index is 0.498. The summed E-state index contributed by atoms with van der Waals surface area (Å²) in [6, 6.07) is 3.96. The smallest absolute Gasteiger partial charge is 0.145 e. The zero-order valence-electron chi connectivity index (χ0n) is 10.8. The van der Waals surface area contributed by atoms with Gasteiger partial charge in [-0.2, -0.15) is 0 Å². The van der Waals surface area contributed by atoms with Crippen LogP contribution in [0.5, 0.6) is 5.75 Å². The van der Waals surface area contributed by atoms with Crippen LogP contribution >= 0.6 is 0 Å². The SMILES string of the molecule is COCCOCCOc1c(C)cc(C)cc1N. The molecule has 0 aliphatic rings. The van der Waals surface area contributed by atoms with Crippen LogP contribution in [0.2, 0.25) is 0 Å². The second kappa shape index (κ2) is 7.14. The number of aryl methyl sites for hydroxylation is 2. The maximum absolute atomic E-state index is 5.90. The van der Waals surface area contributed by atoms with Gasteiger partial charge in [0, 0.05) is 7.11 Å². The summed E-state index contributed by atoms with van der Waals surface area (Å²) in [7, 11) is 1.65. The van der Waals surface area contributed by atoms with Crippen LogP contribution in [0.4, 0.5) is 5.69 Å². The lowest BCUT2D eigenvalue weighted by atomic mass is 10.1. The van der Waals surface area contributed by atoms with Gasteiger partial charge in [-0.3, -0.25) is 0 Å². The Kier molecular flexibility index (Phi) is 5.80. The average Bonchev–Trinajstić information content (AvgIpc) is 2.26. The van der Waals surface area contributed by atoms with Crippen molar-refractivity contribution in [3.63, 3.8) is 0 Å². The molecule has 0 aliphatic heterocycles. The first-order valence-electron chi connectivity index (χ1n) is 5.71. The third kappa shape index (κ3) is 4.63. The predicted molar refractivity (Wildman–Crippen MR) is 68.5 cm³/mol. The zero-order chi connectivity index (χ0) is 12.7. The molecule has 0 saturated heterocycles. The maximum Gasteiger partial charge on any atom is 0.145 e. The number of rotatable bonds is 7. The second-order valence-electron chi connectivity index (χ2n) is 3.95. The normalized spacial score (nSPS) is 10.5. The van der Waals surface area contributed by atoms with Gasteiger partial charge in [-0.25, -0.2) is 0 Å². The Morgan fingerprint density at radius 3 is 2.41 bits per heavy atom. The van der Waals surface area contributed by atoms with Crippen molar-refractivity contribution in [1.82, 2.24) is 0 Å². The highest BCUT2D eigenvalue weighted by atomic mass is 16.5. The highest BCUT2D eigenvalue weighted by Gasteiger charge is 2.05. The van der Waals surface area contributed by atoms with Gasteiger partial charge in [0.05, 0.1) is 25.5 Å². The molecule has 0 unspecified atom stereocenters. The minimum atomic E-state index is 0.498. The van der Waals surface area contributed by atoms with E-state index in [1.165, 1.54) is 0 Å². The van der Waals surface area contributed by atoms with E-state index in [4.69, 9.17) is 19.9 Å². The molecule has 0 bridgehead atoms. The van der Waals surface area contributed by atoms with Crippen LogP contribution in [0.1, 0.15) is 11.1 Å². The van der Waals surface area contributed by atoms with Crippen LogP contribution in [-0.2, 0) is 9.47 Å². The Bertz CT molecular complexity index is 330. The molecule has 0 aliphatic carbocycles. The summed E-state index contributed by atoms with van der Waals surface area (Å²) < 4.78 is 15.8. The van der Waals surface area contributed by atoms with Crippen LogP contribution in [0.25, 0.3) is 0 Å². The van der Waals surface area contributed by atoms with Gasteiger partial charge >= 0.3 is 0 Å². The van der Waals surface area contributed by atoms with Gasteiger partial charge in [0.1, 0.15) is 12.4 Å². The highest BCUT2D eigenvalue weighted by molar-refractivity contribution is 5.58. The van der Waals surface area contributed by atoms with Gasteiger partial charge in [0.25, 0.3) is 0 Å². The quantitative estimate of drug-likeness (QED) is 0.583. The van der Waals surface area contributed by atoms with Crippen molar-refractivity contribution in [3.05, 3.63) is 23.3 Å². The zero-order valence-corrected chi connectivity index (χ0v) is 10.8. The van der Waals surface area contributed by atoms with E-state index in [1.807, 2.05) is 19.9 Å². The molecule has 0 spiro atoms. The molecule has 0 radical (unpaired) electrons. The molecule has 0 saturated carbocycles. The van der Waals surface area contributed by atoms with E-state index in [-0.39, 0.29) is 0 Å². The van der Waals surface area contributed by atoms with Crippen LogP contribution in [0.3, 0.4) is 0 Å². The van der Waals surface area contributed by atoms with Crippen molar-refractivity contribution < 1.29 is 14.2 Å². The standard InChI is InChI=1S/C13H21NO3/c1-10-8-11(2)13(12(14)9-10)17-7-6-16-5-4-15-3/h8-9H,4-7,14H2,1-3H3. The first kappa shape index (κ1) is 13.8. The van der Waals surface area contributed by atoms with Crippen LogP contribution in [0.15, 0.2) is 12.1 Å². The molecule has 0 fully saturated rings. The molecule has 0 atom stereocenters. The van der Waals surface area contributed by atoms with Gasteiger partial charge in [0.15, 0.2) is 0 Å². The fourth-order valence-electron chi connectivity index (χ4n) is 1.63. The Hall–Kier alpha value is -1.26. The lowest BCUT2D eigenvalue weighted by molar-refractivity contribution is 0.0544. The third-order valence-electron chi connectivity index (χ3n) is 2.35. The lowest BCUT2D eigenvalue weighted by Crippen LogP contribution is -2.11. The Morgan fingerprint density at radius 1 is 1.06 bits per heavy atom. The number of benzene rings is 1. The molecule has 1 rings (SSSR count). The molecule has 4 nitrogen and oxygen atoms in total. The molecule has 17 heavy (non-hydrogen) atoms. The van der Waals surface area contributed by atoms with Gasteiger partial charge in [0.2, 0.25) is 0 Å². The second-order valence-corrected chi connectivity index (χ2v) is 3.95. The monoisotopic (exact) mass is 239 g/mol. The number of nitrogens with two attached hydrogens (primary N) is 1.